The number of rotatable bonds is 5. The van der Waals surface area contributed by atoms with Crippen LogP contribution in [0.4, 0.5) is 4.39 Å². The van der Waals surface area contributed by atoms with Gasteiger partial charge in [-0.25, -0.2) is 4.39 Å². The molecule has 2 N–H and O–H groups in total. The molecular weight excluding hydrogens is 299 g/mol. The van der Waals surface area contributed by atoms with Gasteiger partial charge in [0.1, 0.15) is 5.82 Å². The van der Waals surface area contributed by atoms with Gasteiger partial charge in [0, 0.05) is 32.5 Å². The minimum atomic E-state index is -0.726. The Morgan fingerprint density at radius 3 is 2.48 bits per heavy atom. The van der Waals surface area contributed by atoms with Crippen LogP contribution in [0.25, 0.3) is 0 Å². The molecule has 6 heteroatoms. The summed E-state index contributed by atoms with van der Waals surface area (Å²) in [6.45, 7) is 3.14. The van der Waals surface area contributed by atoms with Crippen molar-refractivity contribution in [2.45, 2.75) is 32.3 Å². The highest BCUT2D eigenvalue weighted by atomic mass is 19.1. The number of nitrogens with zero attached hydrogens (tertiary/aromatic N) is 1. The number of carbonyl (C=O) groups is 2. The van der Waals surface area contributed by atoms with E-state index in [2.05, 4.69) is 5.32 Å². The highest BCUT2D eigenvalue weighted by Gasteiger charge is 2.25. The Morgan fingerprint density at radius 2 is 1.91 bits per heavy atom. The summed E-state index contributed by atoms with van der Waals surface area (Å²) in [7, 11) is 0. The molecule has 0 spiro atoms. The number of hydrogen-bond donors (Lipinski definition) is 2. The van der Waals surface area contributed by atoms with Gasteiger partial charge < -0.3 is 15.3 Å². The lowest BCUT2D eigenvalue weighted by molar-refractivity contribution is -0.133. The number of nitrogens with one attached hydrogen (secondary N) is 1. The van der Waals surface area contributed by atoms with E-state index in [1.54, 1.807) is 17.0 Å². The zero-order valence-electron chi connectivity index (χ0n) is 13.3. The molecule has 2 rings (SSSR count). The van der Waals surface area contributed by atoms with Gasteiger partial charge in [0.05, 0.1) is 6.10 Å². The van der Waals surface area contributed by atoms with Gasteiger partial charge in [-0.1, -0.05) is 12.1 Å². The van der Waals surface area contributed by atoms with Crippen molar-refractivity contribution < 1.29 is 19.1 Å². The summed E-state index contributed by atoms with van der Waals surface area (Å²) in [6.07, 6.45) is 0.997. The van der Waals surface area contributed by atoms with Crippen LogP contribution in [0.3, 0.4) is 0 Å². The minimum absolute atomic E-state index is 0.0282. The number of hydrogen-bond acceptors (Lipinski definition) is 3. The number of likely N-dealkylation sites (tertiary alicyclic amines) is 1. The summed E-state index contributed by atoms with van der Waals surface area (Å²) in [5.74, 6) is -0.398. The first-order valence-corrected chi connectivity index (χ1v) is 7.94. The van der Waals surface area contributed by atoms with Gasteiger partial charge in [0.25, 0.3) is 0 Å². The summed E-state index contributed by atoms with van der Waals surface area (Å²) in [5.41, 5.74) is 0.635. The molecule has 1 aromatic rings. The molecular formula is C17H23FN2O3. The van der Waals surface area contributed by atoms with Crippen molar-refractivity contribution in [1.29, 1.82) is 0 Å². The highest BCUT2D eigenvalue weighted by molar-refractivity contribution is 5.79. The number of aliphatic hydroxyl groups excluding tert-OH is 1. The first-order chi connectivity index (χ1) is 11.0. The Bertz CT molecular complexity index is 539. The fourth-order valence-corrected chi connectivity index (χ4v) is 2.78. The van der Waals surface area contributed by atoms with Crippen LogP contribution in [-0.2, 0) is 9.59 Å². The van der Waals surface area contributed by atoms with Crippen LogP contribution in [0.2, 0.25) is 0 Å². The predicted molar refractivity (Wildman–Crippen MR) is 84.0 cm³/mol. The van der Waals surface area contributed by atoms with E-state index in [-0.39, 0.29) is 23.5 Å². The topological polar surface area (TPSA) is 69.6 Å². The number of aliphatic hydroxyl groups is 1. The molecule has 1 fully saturated rings. The average Bonchev–Trinajstić information content (AvgIpc) is 2.55. The number of benzene rings is 1. The van der Waals surface area contributed by atoms with Gasteiger partial charge in [0.2, 0.25) is 11.8 Å². The second-order valence-corrected chi connectivity index (χ2v) is 5.93. The van der Waals surface area contributed by atoms with E-state index in [9.17, 15) is 19.1 Å². The molecule has 1 saturated heterocycles. The first-order valence-electron chi connectivity index (χ1n) is 7.94. The highest BCUT2D eigenvalue weighted by Crippen LogP contribution is 2.19. The quantitative estimate of drug-likeness (QED) is 0.865. The van der Waals surface area contributed by atoms with Crippen molar-refractivity contribution in [2.75, 3.05) is 19.6 Å². The van der Waals surface area contributed by atoms with Gasteiger partial charge in [-0.2, -0.15) is 0 Å². The third-order valence-electron chi connectivity index (χ3n) is 4.28. The summed E-state index contributed by atoms with van der Waals surface area (Å²) >= 11 is 0. The smallest absolute Gasteiger partial charge is 0.223 e. The maximum Gasteiger partial charge on any atom is 0.223 e. The van der Waals surface area contributed by atoms with Crippen LogP contribution >= 0.6 is 0 Å². The molecule has 0 bridgehead atoms. The number of piperidine rings is 1. The molecule has 0 aliphatic carbocycles. The molecule has 0 radical (unpaired) electrons. The predicted octanol–water partition coefficient (Wildman–Crippen LogP) is 1.62. The van der Waals surface area contributed by atoms with Crippen molar-refractivity contribution in [2.24, 2.45) is 5.92 Å². The van der Waals surface area contributed by atoms with Crippen LogP contribution in [0, 0.1) is 11.7 Å². The molecule has 23 heavy (non-hydrogen) atoms. The normalized spacial score (nSPS) is 16.9. The number of amides is 2. The lowest BCUT2D eigenvalue weighted by Crippen LogP contribution is -2.42. The monoisotopic (exact) mass is 322 g/mol. The molecule has 0 aromatic heterocycles. The van der Waals surface area contributed by atoms with Gasteiger partial charge in [0.15, 0.2) is 0 Å². The number of halogens is 1. The molecule has 126 valence electrons. The molecule has 1 unspecified atom stereocenters. The standard InChI is InChI=1S/C17H23FN2O3/c1-12(21)20-10-7-14(8-11-20)17(23)19-9-6-16(22)13-2-4-15(18)5-3-13/h2-5,14,16,22H,6-11H2,1H3,(H,19,23). The third-order valence-corrected chi connectivity index (χ3v) is 4.28. The number of carbonyl (C=O) groups excluding carboxylic acids is 2. The average molecular weight is 322 g/mol. The van der Waals surface area contributed by atoms with Gasteiger partial charge >= 0.3 is 0 Å². The van der Waals surface area contributed by atoms with E-state index in [0.717, 1.165) is 0 Å². The Labute approximate surface area is 135 Å². The Balaban J connectivity index is 1.70. The molecule has 1 aromatic carbocycles. The maximum absolute atomic E-state index is 12.8. The third kappa shape index (κ3) is 5.03. The minimum Gasteiger partial charge on any atom is -0.388 e. The van der Waals surface area contributed by atoms with Crippen molar-refractivity contribution in [1.82, 2.24) is 10.2 Å². The van der Waals surface area contributed by atoms with Crippen molar-refractivity contribution >= 4 is 11.8 Å². The maximum atomic E-state index is 12.8. The van der Waals surface area contributed by atoms with Gasteiger partial charge in [-0.05, 0) is 37.0 Å². The van der Waals surface area contributed by atoms with E-state index in [4.69, 9.17) is 0 Å². The largest absolute Gasteiger partial charge is 0.388 e. The fraction of sp³-hybridized carbons (Fsp3) is 0.529. The van der Waals surface area contributed by atoms with E-state index in [1.807, 2.05) is 0 Å². The van der Waals surface area contributed by atoms with Crippen LogP contribution < -0.4 is 5.32 Å². The summed E-state index contributed by atoms with van der Waals surface area (Å²) in [6, 6.07) is 5.69. The molecule has 5 nitrogen and oxygen atoms in total. The second kappa shape index (κ2) is 8.06. The van der Waals surface area contributed by atoms with E-state index < -0.39 is 6.10 Å². The molecule has 1 heterocycles. The second-order valence-electron chi connectivity index (χ2n) is 5.93. The van der Waals surface area contributed by atoms with Gasteiger partial charge in [-0.15, -0.1) is 0 Å². The summed E-state index contributed by atoms with van der Waals surface area (Å²) in [5, 5.41) is 12.8. The zero-order chi connectivity index (χ0) is 16.8. The van der Waals surface area contributed by atoms with Gasteiger partial charge in [-0.3, -0.25) is 9.59 Å². The summed E-state index contributed by atoms with van der Waals surface area (Å²) in [4.78, 5) is 25.1. The van der Waals surface area contributed by atoms with Crippen molar-refractivity contribution in [3.8, 4) is 0 Å². The Kier molecular flexibility index (Phi) is 6.10. The SMILES string of the molecule is CC(=O)N1CCC(C(=O)NCCC(O)c2ccc(F)cc2)CC1. The van der Waals surface area contributed by atoms with Crippen molar-refractivity contribution in [3.63, 3.8) is 0 Å². The Hall–Kier alpha value is -1.95. The summed E-state index contributed by atoms with van der Waals surface area (Å²) < 4.78 is 12.8. The Morgan fingerprint density at radius 1 is 1.30 bits per heavy atom. The lowest BCUT2D eigenvalue weighted by Gasteiger charge is -2.30. The first kappa shape index (κ1) is 17.4. The van der Waals surface area contributed by atoms with Crippen LogP contribution in [0.15, 0.2) is 24.3 Å². The lowest BCUT2D eigenvalue weighted by atomic mass is 9.96. The molecule has 1 aliphatic heterocycles. The van der Waals surface area contributed by atoms with Crippen molar-refractivity contribution in [3.05, 3.63) is 35.6 Å². The molecule has 0 saturated carbocycles. The van der Waals surface area contributed by atoms with E-state index in [1.165, 1.54) is 19.1 Å². The van der Waals surface area contributed by atoms with E-state index in [0.29, 0.717) is 44.5 Å². The molecule has 1 atom stereocenters. The van der Waals surface area contributed by atoms with Crippen LogP contribution in [-0.4, -0.2) is 41.5 Å². The van der Waals surface area contributed by atoms with Crippen LogP contribution in [0.5, 0.6) is 0 Å². The zero-order valence-corrected chi connectivity index (χ0v) is 13.3. The molecule has 2 amide bonds. The molecule has 1 aliphatic rings. The van der Waals surface area contributed by atoms with E-state index >= 15 is 0 Å². The van der Waals surface area contributed by atoms with Crippen LogP contribution in [0.1, 0.15) is 37.9 Å². The fourth-order valence-electron chi connectivity index (χ4n) is 2.78.